The van der Waals surface area contributed by atoms with Crippen LogP contribution in [0.25, 0.3) is 0 Å². The van der Waals surface area contributed by atoms with Gasteiger partial charge in [-0.2, -0.15) is 13.2 Å². The Labute approximate surface area is 258 Å². The van der Waals surface area contributed by atoms with Crippen LogP contribution in [-0.4, -0.2) is 18.8 Å². The maximum absolute atomic E-state index is 13.1. The van der Waals surface area contributed by atoms with E-state index in [9.17, 15) is 18.0 Å². The quantitative estimate of drug-likeness (QED) is 0.114. The van der Waals surface area contributed by atoms with Crippen molar-refractivity contribution in [3.63, 3.8) is 0 Å². The Bertz CT molecular complexity index is 1170. The number of carbonyl (C=O) groups excluding carboxylic acids is 1. The van der Waals surface area contributed by atoms with Crippen molar-refractivity contribution < 1.29 is 48.6 Å². The zero-order valence-corrected chi connectivity index (χ0v) is 26.5. The number of rotatable bonds is 18. The number of hydrogen-bond acceptors (Lipinski definition) is 3. The number of amides is 1. The molecule has 0 aliphatic carbocycles. The van der Waals surface area contributed by atoms with Gasteiger partial charge < -0.3 is 0 Å². The van der Waals surface area contributed by atoms with Gasteiger partial charge in [0.15, 0.2) is 0 Å². The minimum atomic E-state index is -4.49. The van der Waals surface area contributed by atoms with Gasteiger partial charge in [0, 0.05) is 0 Å². The number of alkyl halides is 3. The van der Waals surface area contributed by atoms with E-state index >= 15 is 0 Å². The topological polar surface area (TPSA) is 47.6 Å². The fraction of sp³-hybridized carbons (Fsp3) is 0.441. The maximum atomic E-state index is 13.1. The van der Waals surface area contributed by atoms with Gasteiger partial charge in [-0.1, -0.05) is 51.5 Å². The number of benzene rings is 3. The van der Waals surface area contributed by atoms with E-state index in [0.717, 1.165) is 31.4 Å². The van der Waals surface area contributed by atoms with Gasteiger partial charge in [-0.15, -0.1) is 0 Å². The van der Waals surface area contributed by atoms with E-state index in [1.807, 2.05) is 30.3 Å². The van der Waals surface area contributed by atoms with Crippen molar-refractivity contribution in [2.45, 2.75) is 89.8 Å². The number of carbonyl (C=O) groups is 1. The van der Waals surface area contributed by atoms with Crippen molar-refractivity contribution in [1.82, 2.24) is 0 Å². The Morgan fingerprint density at radius 1 is 0.786 bits per heavy atom. The third-order valence-electron chi connectivity index (χ3n) is 6.79. The minimum absolute atomic E-state index is 0.0331. The molecule has 8 heteroatoms. The molecule has 0 fully saturated rings. The van der Waals surface area contributed by atoms with Crippen LogP contribution in [0.15, 0.2) is 78.9 Å². The molecule has 0 aliphatic rings. The second-order valence-corrected chi connectivity index (χ2v) is 13.4. The first-order chi connectivity index (χ1) is 20.3. The van der Waals surface area contributed by atoms with E-state index in [-0.39, 0.29) is 33.5 Å². The van der Waals surface area contributed by atoms with E-state index in [2.05, 4.69) is 36.5 Å². The molecule has 0 saturated carbocycles. The second-order valence-electron chi connectivity index (χ2n) is 10.4. The van der Waals surface area contributed by atoms with Crippen LogP contribution in [0.4, 0.5) is 23.7 Å². The van der Waals surface area contributed by atoms with E-state index in [0.29, 0.717) is 12.2 Å². The molecule has 3 aromatic carbocycles. The van der Waals surface area contributed by atoms with Crippen molar-refractivity contribution in [1.29, 1.82) is 0 Å². The summed E-state index contributed by atoms with van der Waals surface area (Å²) >= 11 is -0.277. The Hall–Kier alpha value is -2.75. The van der Waals surface area contributed by atoms with Crippen LogP contribution < -0.4 is 31.3 Å². The summed E-state index contributed by atoms with van der Waals surface area (Å²) in [5, 5.41) is 2.44. The molecule has 0 aromatic heterocycles. The number of halogens is 4. The van der Waals surface area contributed by atoms with Crippen molar-refractivity contribution in [2.24, 2.45) is 0 Å². The molecular weight excluding hydrogens is 654 g/mol. The Morgan fingerprint density at radius 2 is 1.40 bits per heavy atom. The monoisotopic (exact) mass is 696 g/mol. The van der Waals surface area contributed by atoms with Crippen molar-refractivity contribution >= 4 is 11.8 Å². The van der Waals surface area contributed by atoms with Crippen LogP contribution in [0.3, 0.4) is 0 Å². The standard InChI is InChI=1S/C34H42F3INO3/c1-2-3-4-5-6-7-8-9-10-14-20-32(42-33(40)39-30-19-15-16-27(25-30)34(35,36)37)26-41-31-23-21-29(22-24-31)38-28-17-12-11-13-18-28/h11-13,15-19,21-25,32H,2-10,14,20,26H2,1H3,(H,39,40)/q-1. The summed E-state index contributed by atoms with van der Waals surface area (Å²) in [7, 11) is 0. The number of ether oxygens (including phenoxy) is 2. The summed E-state index contributed by atoms with van der Waals surface area (Å²) in [5.41, 5.74) is -0.797. The van der Waals surface area contributed by atoms with Crippen molar-refractivity contribution in [2.75, 3.05) is 11.9 Å². The molecule has 0 aliphatic heterocycles. The van der Waals surface area contributed by atoms with Crippen LogP contribution in [0.1, 0.15) is 83.1 Å². The molecule has 42 heavy (non-hydrogen) atoms. The predicted octanol–water partition coefficient (Wildman–Crippen LogP) is 7.14. The Kier molecular flexibility index (Phi) is 15.0. The summed E-state index contributed by atoms with van der Waals surface area (Å²) in [6.45, 7) is 2.39. The first-order valence-electron chi connectivity index (χ1n) is 14.9. The Morgan fingerprint density at radius 3 is 2.05 bits per heavy atom. The summed E-state index contributed by atoms with van der Waals surface area (Å²) in [6.07, 6.45) is 6.74. The van der Waals surface area contributed by atoms with Crippen LogP contribution in [0.5, 0.6) is 5.75 Å². The first-order valence-corrected chi connectivity index (χ1v) is 17.1. The average molecular weight is 697 g/mol. The molecule has 3 rings (SSSR count). The second kappa shape index (κ2) is 18.7. The van der Waals surface area contributed by atoms with Crippen molar-refractivity contribution in [3.05, 3.63) is 91.6 Å². The van der Waals surface area contributed by atoms with Crippen molar-refractivity contribution in [3.8, 4) is 5.75 Å². The van der Waals surface area contributed by atoms with E-state index < -0.39 is 23.9 Å². The average Bonchev–Trinajstić information content (AvgIpc) is 2.97. The van der Waals surface area contributed by atoms with Gasteiger partial charge in [0.05, 0.1) is 5.56 Å². The molecular formula is C34H42F3INO3-. The van der Waals surface area contributed by atoms with Crippen LogP contribution in [0, 0.1) is 7.14 Å². The number of nitrogens with one attached hydrogen (secondary N) is 1. The number of unbranched alkanes of at least 4 members (excludes halogenated alkanes) is 9. The fourth-order valence-electron chi connectivity index (χ4n) is 4.49. The van der Waals surface area contributed by atoms with E-state index in [4.69, 9.17) is 9.47 Å². The van der Waals surface area contributed by atoms with Crippen LogP contribution >= 0.6 is 0 Å². The molecule has 1 amide bonds. The van der Waals surface area contributed by atoms with Gasteiger partial charge in [0.1, 0.15) is 0 Å². The molecule has 0 heterocycles. The fourth-order valence-corrected chi connectivity index (χ4v) is 6.71. The van der Waals surface area contributed by atoms with Crippen LogP contribution in [-0.2, 0) is 10.9 Å². The smallest absolute Gasteiger partial charge is 0.166 e. The normalized spacial score (nSPS) is 12.2. The zero-order valence-electron chi connectivity index (χ0n) is 24.3. The molecule has 1 N–H and O–H groups in total. The predicted molar refractivity (Wildman–Crippen MR) is 158 cm³/mol. The molecule has 4 nitrogen and oxygen atoms in total. The van der Waals surface area contributed by atoms with Gasteiger partial charge in [0.2, 0.25) is 0 Å². The third-order valence-corrected chi connectivity index (χ3v) is 9.47. The van der Waals surface area contributed by atoms with Gasteiger partial charge >= 0.3 is 183 Å². The molecule has 0 bridgehead atoms. The van der Waals surface area contributed by atoms with Crippen LogP contribution in [0.2, 0.25) is 0 Å². The Balaban J connectivity index is 1.50. The van der Waals surface area contributed by atoms with Gasteiger partial charge in [-0.3, -0.25) is 0 Å². The molecule has 0 spiro atoms. The number of anilines is 1. The molecule has 230 valence electrons. The number of hydrogen-bond donors (Lipinski definition) is 1. The molecule has 1 atom stereocenters. The van der Waals surface area contributed by atoms with E-state index in [1.165, 1.54) is 64.2 Å². The minimum Gasteiger partial charge on any atom is -0.166 e. The van der Waals surface area contributed by atoms with Gasteiger partial charge in [-0.05, 0) is 6.07 Å². The third kappa shape index (κ3) is 13.5. The summed E-state index contributed by atoms with van der Waals surface area (Å²) in [6, 6.07) is 22.9. The zero-order chi connectivity index (χ0) is 30.0. The van der Waals surface area contributed by atoms with Gasteiger partial charge in [-0.25, -0.2) is 0 Å². The summed E-state index contributed by atoms with van der Waals surface area (Å²) < 4.78 is 53.4. The SMILES string of the molecule is CCCCCCCCCCCCC(COc1ccc([I-]c2ccccc2)cc1)OC(=O)Nc1cccc(C(F)(F)F)c1. The molecule has 1 unspecified atom stereocenters. The van der Waals surface area contributed by atoms with Gasteiger partial charge in [0.25, 0.3) is 0 Å². The van der Waals surface area contributed by atoms with E-state index in [1.54, 1.807) is 0 Å². The summed E-state index contributed by atoms with van der Waals surface area (Å²) in [5.74, 6) is 0.686. The molecule has 0 saturated heterocycles. The first kappa shape index (κ1) is 33.7. The summed E-state index contributed by atoms with van der Waals surface area (Å²) in [4.78, 5) is 12.6. The molecule has 0 radical (unpaired) electrons. The molecule has 3 aromatic rings.